The number of nitrogen functional groups attached to an aromatic ring is 1. The van der Waals surface area contributed by atoms with Crippen LogP contribution in [0.3, 0.4) is 0 Å². The number of nitrogens with one attached hydrogen (secondary N) is 1. The van der Waals surface area contributed by atoms with Gasteiger partial charge in [-0.15, -0.1) is 0 Å². The van der Waals surface area contributed by atoms with Crippen LogP contribution in [0.2, 0.25) is 0 Å². The Hall–Kier alpha value is -1.48. The highest BCUT2D eigenvalue weighted by molar-refractivity contribution is 5.92. The second-order valence-corrected chi connectivity index (χ2v) is 4.88. The molecule has 3 nitrogen and oxygen atoms in total. The van der Waals surface area contributed by atoms with Gasteiger partial charge in [0.15, 0.2) is 0 Å². The maximum atomic E-state index is 5.95. The van der Waals surface area contributed by atoms with Crippen LogP contribution in [0.4, 0.5) is 5.69 Å². The standard InChI is InChI=1S/C14H19N3/c15-13-5-3-4-12-11(10-16-14(12)13)6-9-17-7-1-2-8-17/h3-5,10,16H,1-2,6-9,15H2. The lowest BCUT2D eigenvalue weighted by molar-refractivity contribution is 0.344. The molecular formula is C14H19N3. The van der Waals surface area contributed by atoms with Crippen LogP contribution in [-0.4, -0.2) is 29.5 Å². The number of nitrogens with two attached hydrogens (primary N) is 1. The average Bonchev–Trinajstić information content (AvgIpc) is 2.95. The molecule has 0 radical (unpaired) electrons. The van der Waals surface area contributed by atoms with E-state index in [1.807, 2.05) is 12.1 Å². The van der Waals surface area contributed by atoms with Crippen LogP contribution in [0.15, 0.2) is 24.4 Å². The first kappa shape index (κ1) is 10.7. The van der Waals surface area contributed by atoms with Gasteiger partial charge < -0.3 is 15.6 Å². The van der Waals surface area contributed by atoms with Gasteiger partial charge in [-0.1, -0.05) is 12.1 Å². The Morgan fingerprint density at radius 1 is 1.24 bits per heavy atom. The summed E-state index contributed by atoms with van der Waals surface area (Å²) in [6, 6.07) is 6.13. The van der Waals surface area contributed by atoms with Crippen molar-refractivity contribution < 1.29 is 0 Å². The number of anilines is 1. The Morgan fingerprint density at radius 3 is 2.88 bits per heavy atom. The van der Waals surface area contributed by atoms with E-state index < -0.39 is 0 Å². The third-order valence-electron chi connectivity index (χ3n) is 3.73. The molecule has 90 valence electrons. The number of aromatic amines is 1. The van der Waals surface area contributed by atoms with E-state index in [-0.39, 0.29) is 0 Å². The van der Waals surface area contributed by atoms with Crippen molar-refractivity contribution in [2.45, 2.75) is 19.3 Å². The van der Waals surface area contributed by atoms with E-state index in [0.717, 1.165) is 17.6 Å². The first-order valence-corrected chi connectivity index (χ1v) is 6.41. The maximum absolute atomic E-state index is 5.95. The summed E-state index contributed by atoms with van der Waals surface area (Å²) in [5.74, 6) is 0. The van der Waals surface area contributed by atoms with Crippen LogP contribution in [0.5, 0.6) is 0 Å². The number of benzene rings is 1. The minimum Gasteiger partial charge on any atom is -0.397 e. The van der Waals surface area contributed by atoms with E-state index in [1.165, 1.54) is 43.4 Å². The monoisotopic (exact) mass is 229 g/mol. The van der Waals surface area contributed by atoms with Gasteiger partial charge in [0.1, 0.15) is 0 Å². The van der Waals surface area contributed by atoms with E-state index >= 15 is 0 Å². The number of H-pyrrole nitrogens is 1. The maximum Gasteiger partial charge on any atom is 0.0690 e. The molecule has 1 fully saturated rings. The molecule has 2 aromatic rings. The lowest BCUT2D eigenvalue weighted by atomic mass is 10.1. The number of likely N-dealkylation sites (tertiary alicyclic amines) is 1. The van der Waals surface area contributed by atoms with Gasteiger partial charge >= 0.3 is 0 Å². The second-order valence-electron chi connectivity index (χ2n) is 4.88. The number of nitrogens with zero attached hydrogens (tertiary/aromatic N) is 1. The van der Waals surface area contributed by atoms with Crippen LogP contribution in [0.25, 0.3) is 10.9 Å². The predicted octanol–water partition coefficient (Wildman–Crippen LogP) is 2.39. The van der Waals surface area contributed by atoms with E-state index in [9.17, 15) is 0 Å². The van der Waals surface area contributed by atoms with Gasteiger partial charge in [-0.25, -0.2) is 0 Å². The third kappa shape index (κ3) is 2.03. The Balaban J connectivity index is 1.78. The van der Waals surface area contributed by atoms with Gasteiger partial charge in [-0.3, -0.25) is 0 Å². The van der Waals surface area contributed by atoms with E-state index in [1.54, 1.807) is 0 Å². The Morgan fingerprint density at radius 2 is 2.06 bits per heavy atom. The van der Waals surface area contributed by atoms with Crippen molar-refractivity contribution in [3.05, 3.63) is 30.0 Å². The molecule has 3 rings (SSSR count). The lowest BCUT2D eigenvalue weighted by Crippen LogP contribution is -2.21. The highest BCUT2D eigenvalue weighted by Gasteiger charge is 2.12. The SMILES string of the molecule is Nc1cccc2c(CCN3CCCC3)c[nH]c12. The van der Waals surface area contributed by atoms with Crippen molar-refractivity contribution in [3.8, 4) is 0 Å². The highest BCUT2D eigenvalue weighted by Crippen LogP contribution is 2.23. The number of hydrogen-bond donors (Lipinski definition) is 2. The number of aromatic nitrogens is 1. The Labute approximate surface area is 102 Å². The largest absolute Gasteiger partial charge is 0.397 e. The van der Waals surface area contributed by atoms with Gasteiger partial charge in [-0.2, -0.15) is 0 Å². The molecule has 0 spiro atoms. The third-order valence-corrected chi connectivity index (χ3v) is 3.73. The molecule has 1 aromatic heterocycles. The van der Waals surface area contributed by atoms with Crippen molar-refractivity contribution in [2.75, 3.05) is 25.4 Å². The smallest absolute Gasteiger partial charge is 0.0690 e. The fourth-order valence-electron chi connectivity index (χ4n) is 2.73. The van der Waals surface area contributed by atoms with E-state index in [2.05, 4.69) is 22.1 Å². The van der Waals surface area contributed by atoms with Crippen molar-refractivity contribution in [2.24, 2.45) is 0 Å². The van der Waals surface area contributed by atoms with Crippen molar-refractivity contribution in [1.82, 2.24) is 9.88 Å². The van der Waals surface area contributed by atoms with Crippen molar-refractivity contribution >= 4 is 16.6 Å². The fraction of sp³-hybridized carbons (Fsp3) is 0.429. The van der Waals surface area contributed by atoms with Gasteiger partial charge in [0.2, 0.25) is 0 Å². The number of para-hydroxylation sites is 1. The van der Waals surface area contributed by atoms with Gasteiger partial charge in [0.05, 0.1) is 11.2 Å². The van der Waals surface area contributed by atoms with Crippen molar-refractivity contribution in [1.29, 1.82) is 0 Å². The molecule has 0 atom stereocenters. The quantitative estimate of drug-likeness (QED) is 0.794. The molecule has 17 heavy (non-hydrogen) atoms. The molecule has 3 heteroatoms. The molecule has 0 bridgehead atoms. The molecule has 1 aromatic carbocycles. The van der Waals surface area contributed by atoms with E-state index in [4.69, 9.17) is 5.73 Å². The van der Waals surface area contributed by atoms with Crippen molar-refractivity contribution in [3.63, 3.8) is 0 Å². The summed E-state index contributed by atoms with van der Waals surface area (Å²) in [7, 11) is 0. The first-order valence-electron chi connectivity index (χ1n) is 6.41. The minimum absolute atomic E-state index is 0.843. The summed E-state index contributed by atoms with van der Waals surface area (Å²) in [5, 5.41) is 1.28. The van der Waals surface area contributed by atoms with Gasteiger partial charge in [0, 0.05) is 18.1 Å². The van der Waals surface area contributed by atoms with Crippen LogP contribution in [0.1, 0.15) is 18.4 Å². The van der Waals surface area contributed by atoms with Gasteiger partial charge in [0.25, 0.3) is 0 Å². The minimum atomic E-state index is 0.843. The lowest BCUT2D eigenvalue weighted by Gasteiger charge is -2.13. The molecule has 1 saturated heterocycles. The molecule has 0 amide bonds. The number of hydrogen-bond acceptors (Lipinski definition) is 2. The Kier molecular flexibility index (Phi) is 2.77. The Bertz CT molecular complexity index is 509. The molecule has 0 aliphatic carbocycles. The van der Waals surface area contributed by atoms with Gasteiger partial charge in [-0.05, 0) is 44.0 Å². The molecule has 0 saturated carbocycles. The normalized spacial score (nSPS) is 16.9. The highest BCUT2D eigenvalue weighted by atomic mass is 15.1. The molecule has 1 aliphatic rings. The first-order chi connectivity index (χ1) is 8.34. The fourth-order valence-corrected chi connectivity index (χ4v) is 2.73. The van der Waals surface area contributed by atoms with Crippen LogP contribution in [0, 0.1) is 0 Å². The summed E-state index contributed by atoms with van der Waals surface area (Å²) < 4.78 is 0. The predicted molar refractivity (Wildman–Crippen MR) is 72.1 cm³/mol. The zero-order valence-electron chi connectivity index (χ0n) is 10.1. The second kappa shape index (κ2) is 4.41. The topological polar surface area (TPSA) is 45.0 Å². The summed E-state index contributed by atoms with van der Waals surface area (Å²) in [6.07, 6.45) is 5.95. The zero-order valence-corrected chi connectivity index (χ0v) is 10.1. The summed E-state index contributed by atoms with van der Waals surface area (Å²) in [6.45, 7) is 3.71. The van der Waals surface area contributed by atoms with Crippen LogP contribution in [-0.2, 0) is 6.42 Å². The average molecular weight is 229 g/mol. The summed E-state index contributed by atoms with van der Waals surface area (Å²) in [5.41, 5.74) is 9.26. The molecule has 0 unspecified atom stereocenters. The van der Waals surface area contributed by atoms with Crippen LogP contribution >= 0.6 is 0 Å². The molecule has 2 heterocycles. The number of fused-ring (bicyclic) bond motifs is 1. The zero-order chi connectivity index (χ0) is 11.7. The molecular weight excluding hydrogens is 210 g/mol. The molecule has 3 N–H and O–H groups in total. The van der Waals surface area contributed by atoms with Crippen LogP contribution < -0.4 is 5.73 Å². The summed E-state index contributed by atoms with van der Waals surface area (Å²) >= 11 is 0. The van der Waals surface area contributed by atoms with E-state index in [0.29, 0.717) is 0 Å². The summed E-state index contributed by atoms with van der Waals surface area (Å²) in [4.78, 5) is 5.84. The number of rotatable bonds is 3. The molecule has 1 aliphatic heterocycles.